The van der Waals surface area contributed by atoms with Gasteiger partial charge in [-0.05, 0) is 81.0 Å². The minimum Gasteiger partial charge on any atom is -0.478 e. The number of carboxylic acid groups (broad SMARTS) is 1. The molecule has 0 atom stereocenters. The average Bonchev–Trinajstić information content (AvgIpc) is 3.04. The maximum Gasteiger partial charge on any atom is 0.337 e. The van der Waals surface area contributed by atoms with E-state index in [9.17, 15) is 19.5 Å². The number of thiocarbonyl (C=S) groups is 1. The number of aryl methyl sites for hydroxylation is 2. The second-order valence-electron chi connectivity index (χ2n) is 7.92. The van der Waals surface area contributed by atoms with Gasteiger partial charge in [0.1, 0.15) is 5.57 Å². The van der Waals surface area contributed by atoms with E-state index in [1.807, 2.05) is 43.5 Å². The highest BCUT2D eigenvalue weighted by Gasteiger charge is 2.34. The van der Waals surface area contributed by atoms with E-state index in [0.717, 1.165) is 17.0 Å². The Bertz CT molecular complexity index is 1410. The molecule has 4 rings (SSSR count). The molecule has 1 aliphatic rings. The van der Waals surface area contributed by atoms with Gasteiger partial charge in [-0.15, -0.1) is 0 Å². The van der Waals surface area contributed by atoms with Crippen LogP contribution in [0, 0.1) is 20.8 Å². The summed E-state index contributed by atoms with van der Waals surface area (Å²) in [6, 6.07) is 13.8. The minimum absolute atomic E-state index is 0.00635. The van der Waals surface area contributed by atoms with Crippen LogP contribution in [0.25, 0.3) is 11.8 Å². The van der Waals surface area contributed by atoms with Gasteiger partial charge in [0.25, 0.3) is 11.8 Å². The predicted octanol–water partition coefficient (Wildman–Crippen LogP) is 4.59. The molecule has 1 aromatic heterocycles. The van der Waals surface area contributed by atoms with Gasteiger partial charge in [0, 0.05) is 17.1 Å². The van der Waals surface area contributed by atoms with Gasteiger partial charge in [-0.1, -0.05) is 29.3 Å². The molecule has 0 spiro atoms. The highest BCUT2D eigenvalue weighted by Crippen LogP contribution is 2.28. The lowest BCUT2D eigenvalue weighted by Gasteiger charge is -2.29. The fourth-order valence-corrected chi connectivity index (χ4v) is 4.43. The molecule has 0 unspecified atom stereocenters. The Morgan fingerprint density at radius 2 is 1.68 bits per heavy atom. The van der Waals surface area contributed by atoms with E-state index in [1.165, 1.54) is 17.0 Å². The van der Waals surface area contributed by atoms with Crippen molar-refractivity contribution in [3.63, 3.8) is 0 Å². The molecule has 0 aliphatic carbocycles. The van der Waals surface area contributed by atoms with Crippen molar-refractivity contribution in [2.75, 3.05) is 4.90 Å². The highest BCUT2D eigenvalue weighted by molar-refractivity contribution is 7.80. The highest BCUT2D eigenvalue weighted by atomic mass is 35.5. The number of hydrogen-bond acceptors (Lipinski definition) is 4. The van der Waals surface area contributed by atoms with Gasteiger partial charge >= 0.3 is 5.97 Å². The van der Waals surface area contributed by atoms with E-state index in [4.69, 9.17) is 23.8 Å². The van der Waals surface area contributed by atoms with Crippen LogP contribution in [0.5, 0.6) is 0 Å². The first-order chi connectivity index (χ1) is 16.1. The standard InChI is InChI=1S/C25H20ClN3O4S/c1-13-4-6-17(7-5-13)29-23(31)20(22(30)27-25(29)34)11-16-10-14(2)28(15(16)3)18-8-9-19(24(32)33)21(26)12-18/h4-12H,1-3H3,(H,32,33)(H,27,30,34)/b20-11+. The van der Waals surface area contributed by atoms with Crippen LogP contribution in [-0.2, 0) is 9.59 Å². The van der Waals surface area contributed by atoms with Crippen LogP contribution in [0.3, 0.4) is 0 Å². The lowest BCUT2D eigenvalue weighted by Crippen LogP contribution is -2.54. The molecular formula is C25H20ClN3O4S. The lowest BCUT2D eigenvalue weighted by molar-refractivity contribution is -0.122. The molecule has 2 aromatic carbocycles. The maximum absolute atomic E-state index is 13.3. The first-order valence-electron chi connectivity index (χ1n) is 10.3. The SMILES string of the molecule is Cc1ccc(N2C(=O)/C(=C/c3cc(C)n(-c4ccc(C(=O)O)c(Cl)c4)c3C)C(=O)NC2=S)cc1. The molecule has 34 heavy (non-hydrogen) atoms. The fourth-order valence-electron chi connectivity index (χ4n) is 3.89. The smallest absolute Gasteiger partial charge is 0.337 e. The molecule has 1 aliphatic heterocycles. The monoisotopic (exact) mass is 493 g/mol. The number of carbonyl (C=O) groups excluding carboxylic acids is 2. The second kappa shape index (κ2) is 8.89. The summed E-state index contributed by atoms with van der Waals surface area (Å²) in [6.07, 6.45) is 1.53. The molecule has 1 saturated heterocycles. The Morgan fingerprint density at radius 3 is 2.29 bits per heavy atom. The number of benzene rings is 2. The number of anilines is 1. The summed E-state index contributed by atoms with van der Waals surface area (Å²) in [6.45, 7) is 5.64. The summed E-state index contributed by atoms with van der Waals surface area (Å²) in [7, 11) is 0. The normalized spacial score (nSPS) is 15.1. The van der Waals surface area contributed by atoms with Crippen molar-refractivity contribution in [3.05, 3.63) is 87.2 Å². The maximum atomic E-state index is 13.3. The van der Waals surface area contributed by atoms with Crippen molar-refractivity contribution >= 4 is 58.5 Å². The molecular weight excluding hydrogens is 474 g/mol. The quantitative estimate of drug-likeness (QED) is 0.315. The number of aromatic nitrogens is 1. The molecule has 2 N–H and O–H groups in total. The Kier molecular flexibility index (Phi) is 6.12. The van der Waals surface area contributed by atoms with E-state index in [1.54, 1.807) is 24.3 Å². The lowest BCUT2D eigenvalue weighted by atomic mass is 10.1. The van der Waals surface area contributed by atoms with Gasteiger partial charge in [0.05, 0.1) is 16.3 Å². The second-order valence-corrected chi connectivity index (χ2v) is 8.72. The first-order valence-corrected chi connectivity index (χ1v) is 11.1. The van der Waals surface area contributed by atoms with Crippen LogP contribution in [0.1, 0.15) is 32.9 Å². The zero-order chi connectivity index (χ0) is 24.7. The van der Waals surface area contributed by atoms with Crippen LogP contribution in [0.4, 0.5) is 5.69 Å². The van der Waals surface area contributed by atoms with E-state index < -0.39 is 17.8 Å². The van der Waals surface area contributed by atoms with Crippen LogP contribution >= 0.6 is 23.8 Å². The topological polar surface area (TPSA) is 91.6 Å². The Hall–Kier alpha value is -3.75. The third-order valence-electron chi connectivity index (χ3n) is 5.61. The molecule has 7 nitrogen and oxygen atoms in total. The summed E-state index contributed by atoms with van der Waals surface area (Å²) < 4.78 is 1.87. The van der Waals surface area contributed by atoms with Gasteiger partial charge < -0.3 is 9.67 Å². The Labute approximate surface area is 206 Å². The number of halogens is 1. The van der Waals surface area contributed by atoms with Gasteiger partial charge in [-0.25, -0.2) is 4.79 Å². The number of nitrogens with zero attached hydrogens (tertiary/aromatic N) is 2. The van der Waals surface area contributed by atoms with Crippen molar-refractivity contribution < 1.29 is 19.5 Å². The number of aromatic carboxylic acids is 1. The number of hydrogen-bond donors (Lipinski definition) is 2. The molecule has 0 radical (unpaired) electrons. The first kappa shape index (κ1) is 23.4. The summed E-state index contributed by atoms with van der Waals surface area (Å²) in [5.74, 6) is -2.20. The van der Waals surface area contributed by atoms with Crippen LogP contribution < -0.4 is 10.2 Å². The minimum atomic E-state index is -1.11. The molecule has 0 bridgehead atoms. The van der Waals surface area contributed by atoms with Crippen molar-refractivity contribution in [3.8, 4) is 5.69 Å². The Morgan fingerprint density at radius 1 is 1.03 bits per heavy atom. The molecule has 1 fully saturated rings. The average molecular weight is 494 g/mol. The molecule has 2 amide bonds. The zero-order valence-electron chi connectivity index (χ0n) is 18.5. The summed E-state index contributed by atoms with van der Waals surface area (Å²) in [4.78, 5) is 38.5. The van der Waals surface area contributed by atoms with E-state index in [-0.39, 0.29) is 21.3 Å². The van der Waals surface area contributed by atoms with Crippen molar-refractivity contribution in [1.82, 2.24) is 9.88 Å². The van der Waals surface area contributed by atoms with Gasteiger partial charge in [0.2, 0.25) is 0 Å². The van der Waals surface area contributed by atoms with Crippen LogP contribution in [0.2, 0.25) is 5.02 Å². The largest absolute Gasteiger partial charge is 0.478 e. The molecule has 0 saturated carbocycles. The molecule has 172 valence electrons. The predicted molar refractivity (Wildman–Crippen MR) is 135 cm³/mol. The van der Waals surface area contributed by atoms with Gasteiger partial charge in [-0.3, -0.25) is 19.8 Å². The zero-order valence-corrected chi connectivity index (χ0v) is 20.1. The van der Waals surface area contributed by atoms with Crippen LogP contribution in [-0.4, -0.2) is 32.6 Å². The van der Waals surface area contributed by atoms with Gasteiger partial charge in [0.15, 0.2) is 5.11 Å². The number of amides is 2. The number of carbonyl (C=O) groups is 3. The van der Waals surface area contributed by atoms with Crippen molar-refractivity contribution in [2.45, 2.75) is 20.8 Å². The van der Waals surface area contributed by atoms with Crippen LogP contribution in [0.15, 0.2) is 54.1 Å². The number of carboxylic acids is 1. The summed E-state index contributed by atoms with van der Waals surface area (Å²) in [5, 5.41) is 12.0. The third-order valence-corrected chi connectivity index (χ3v) is 6.20. The number of rotatable bonds is 4. The van der Waals surface area contributed by atoms with Crippen molar-refractivity contribution in [1.29, 1.82) is 0 Å². The molecule has 2 heterocycles. The molecule has 9 heteroatoms. The van der Waals surface area contributed by atoms with E-state index >= 15 is 0 Å². The summed E-state index contributed by atoms with van der Waals surface area (Å²) >= 11 is 11.4. The molecule has 3 aromatic rings. The Balaban J connectivity index is 1.75. The van der Waals surface area contributed by atoms with Gasteiger partial charge in [-0.2, -0.15) is 0 Å². The third kappa shape index (κ3) is 4.13. The van der Waals surface area contributed by atoms with Crippen molar-refractivity contribution in [2.24, 2.45) is 0 Å². The summed E-state index contributed by atoms with van der Waals surface area (Å²) in [5.41, 5.74) is 4.44. The van der Waals surface area contributed by atoms with E-state index in [2.05, 4.69) is 5.32 Å². The van der Waals surface area contributed by atoms with E-state index in [0.29, 0.717) is 16.9 Å². The fraction of sp³-hybridized carbons (Fsp3) is 0.120. The number of nitrogens with one attached hydrogen (secondary N) is 1.